The second-order valence-corrected chi connectivity index (χ2v) is 5.33. The fraction of sp³-hybridized carbons (Fsp3) is 0.364. The number of carbonyl (C=O) groups is 1. The molecule has 0 aromatic heterocycles. The van der Waals surface area contributed by atoms with Crippen LogP contribution in [0.4, 0.5) is 5.69 Å². The van der Waals surface area contributed by atoms with E-state index < -0.39 is 0 Å². The summed E-state index contributed by atoms with van der Waals surface area (Å²) in [7, 11) is 0. The van der Waals surface area contributed by atoms with Crippen molar-refractivity contribution in [3.63, 3.8) is 0 Å². The van der Waals surface area contributed by atoms with Crippen LogP contribution in [0.15, 0.2) is 22.7 Å². The number of halogens is 2. The lowest BCUT2D eigenvalue weighted by Gasteiger charge is -2.13. The summed E-state index contributed by atoms with van der Waals surface area (Å²) >= 11 is 9.23. The highest BCUT2D eigenvalue weighted by Gasteiger charge is 2.48. The summed E-state index contributed by atoms with van der Waals surface area (Å²) in [4.78, 5) is 11.9. The number of benzene rings is 1. The summed E-state index contributed by atoms with van der Waals surface area (Å²) < 4.78 is 0.812. The van der Waals surface area contributed by atoms with E-state index in [9.17, 15) is 4.79 Å². The van der Waals surface area contributed by atoms with Gasteiger partial charge in [0.15, 0.2) is 0 Å². The monoisotopic (exact) mass is 302 g/mol. The van der Waals surface area contributed by atoms with E-state index in [2.05, 4.69) is 21.2 Å². The molecule has 2 rings (SSSR count). The molecular weight excluding hydrogens is 291 g/mol. The predicted octanol–water partition coefficient (Wildman–Crippen LogP) is 2.78. The molecule has 3 nitrogen and oxygen atoms in total. The van der Waals surface area contributed by atoms with Crippen LogP contribution in [-0.2, 0) is 4.79 Å². The molecule has 1 saturated carbocycles. The van der Waals surface area contributed by atoms with E-state index in [0.717, 1.165) is 17.3 Å². The van der Waals surface area contributed by atoms with Crippen LogP contribution in [0.2, 0.25) is 5.02 Å². The van der Waals surface area contributed by atoms with Crippen LogP contribution in [0.25, 0.3) is 0 Å². The molecule has 1 aromatic carbocycles. The van der Waals surface area contributed by atoms with Crippen molar-refractivity contribution in [3.05, 3.63) is 27.7 Å². The summed E-state index contributed by atoms with van der Waals surface area (Å²) in [6, 6.07) is 5.33. The molecule has 0 aliphatic heterocycles. The van der Waals surface area contributed by atoms with Crippen molar-refractivity contribution in [1.82, 2.24) is 0 Å². The zero-order valence-electron chi connectivity index (χ0n) is 8.59. The van der Waals surface area contributed by atoms with Crippen molar-refractivity contribution in [3.8, 4) is 0 Å². The smallest absolute Gasteiger partial charge is 0.231 e. The lowest BCUT2D eigenvalue weighted by Crippen LogP contribution is -2.30. The molecule has 3 N–H and O–H groups in total. The fourth-order valence-corrected chi connectivity index (χ4v) is 1.94. The number of rotatable bonds is 3. The van der Waals surface area contributed by atoms with Crippen LogP contribution < -0.4 is 11.1 Å². The van der Waals surface area contributed by atoms with Gasteiger partial charge < -0.3 is 11.1 Å². The average molecular weight is 304 g/mol. The molecule has 0 bridgehead atoms. The molecule has 86 valence electrons. The molecule has 0 atom stereocenters. The van der Waals surface area contributed by atoms with Crippen molar-refractivity contribution in [2.75, 3.05) is 11.9 Å². The molecule has 1 amide bonds. The third-order valence-corrected chi connectivity index (χ3v) is 4.14. The molecule has 5 heteroatoms. The summed E-state index contributed by atoms with van der Waals surface area (Å²) in [6.45, 7) is 0.406. The molecule has 0 unspecified atom stereocenters. The van der Waals surface area contributed by atoms with Crippen molar-refractivity contribution < 1.29 is 4.79 Å². The number of amides is 1. The maximum atomic E-state index is 11.9. The van der Waals surface area contributed by atoms with E-state index in [-0.39, 0.29) is 11.3 Å². The van der Waals surface area contributed by atoms with E-state index in [4.69, 9.17) is 17.3 Å². The Morgan fingerprint density at radius 1 is 1.56 bits per heavy atom. The molecule has 0 radical (unpaired) electrons. The number of carbonyl (C=O) groups excluding carboxylic acids is 1. The van der Waals surface area contributed by atoms with Gasteiger partial charge in [0.05, 0.1) is 10.4 Å². The maximum absolute atomic E-state index is 11.9. The van der Waals surface area contributed by atoms with Gasteiger partial charge in [0.1, 0.15) is 0 Å². The molecule has 0 saturated heterocycles. The molecule has 16 heavy (non-hydrogen) atoms. The second kappa shape index (κ2) is 4.35. The van der Waals surface area contributed by atoms with Crippen LogP contribution in [-0.4, -0.2) is 12.5 Å². The minimum atomic E-state index is -0.334. The standard InChI is InChI=1S/C11H12BrClN2O/c12-8-2-1-7(5-9(8)13)15-10(16)11(6-14)3-4-11/h1-2,5H,3-4,6,14H2,(H,15,16). The van der Waals surface area contributed by atoms with E-state index in [1.807, 2.05) is 0 Å². The lowest BCUT2D eigenvalue weighted by molar-refractivity contribution is -0.120. The molecule has 0 spiro atoms. The Morgan fingerprint density at radius 3 is 2.75 bits per heavy atom. The molecule has 1 aliphatic carbocycles. The van der Waals surface area contributed by atoms with Crippen LogP contribution in [0, 0.1) is 5.41 Å². The van der Waals surface area contributed by atoms with Crippen molar-refractivity contribution in [1.29, 1.82) is 0 Å². The van der Waals surface area contributed by atoms with Crippen LogP contribution >= 0.6 is 27.5 Å². The Kier molecular flexibility index (Phi) is 3.24. The quantitative estimate of drug-likeness (QED) is 0.902. The highest BCUT2D eigenvalue weighted by atomic mass is 79.9. The van der Waals surface area contributed by atoms with Crippen LogP contribution in [0.1, 0.15) is 12.8 Å². The van der Waals surface area contributed by atoms with Crippen molar-refractivity contribution >= 4 is 39.1 Å². The van der Waals surface area contributed by atoms with E-state index in [1.165, 1.54) is 0 Å². The van der Waals surface area contributed by atoms with Crippen molar-refractivity contribution in [2.24, 2.45) is 11.1 Å². The summed E-state index contributed by atoms with van der Waals surface area (Å²) in [5, 5.41) is 3.42. The predicted molar refractivity (Wildman–Crippen MR) is 68.5 cm³/mol. The van der Waals surface area contributed by atoms with Crippen molar-refractivity contribution in [2.45, 2.75) is 12.8 Å². The Balaban J connectivity index is 2.09. The number of hydrogen-bond acceptors (Lipinski definition) is 2. The lowest BCUT2D eigenvalue weighted by atomic mass is 10.1. The number of nitrogens with one attached hydrogen (secondary N) is 1. The summed E-state index contributed by atoms with van der Waals surface area (Å²) in [5.74, 6) is -0.00612. The highest BCUT2D eigenvalue weighted by molar-refractivity contribution is 9.10. The summed E-state index contributed by atoms with van der Waals surface area (Å²) in [6.07, 6.45) is 1.75. The molecular formula is C11H12BrClN2O. The number of hydrogen-bond donors (Lipinski definition) is 2. The SMILES string of the molecule is NCC1(C(=O)Nc2ccc(Br)c(Cl)c2)CC1. The van der Waals surface area contributed by atoms with Gasteiger partial charge in [-0.2, -0.15) is 0 Å². The van der Waals surface area contributed by atoms with Gasteiger partial charge in [-0.05, 0) is 47.0 Å². The zero-order chi connectivity index (χ0) is 11.8. The Hall–Kier alpha value is -0.580. The van der Waals surface area contributed by atoms with Crippen LogP contribution in [0.3, 0.4) is 0 Å². The van der Waals surface area contributed by atoms with Gasteiger partial charge in [0.2, 0.25) is 5.91 Å². The summed E-state index contributed by atoms with van der Waals surface area (Å²) in [5.41, 5.74) is 5.96. The van der Waals surface area contributed by atoms with Gasteiger partial charge in [-0.15, -0.1) is 0 Å². The molecule has 0 heterocycles. The Bertz CT molecular complexity index is 432. The Morgan fingerprint density at radius 2 is 2.25 bits per heavy atom. The van der Waals surface area contributed by atoms with Crippen LogP contribution in [0.5, 0.6) is 0 Å². The molecule has 1 aliphatic rings. The van der Waals surface area contributed by atoms with E-state index in [0.29, 0.717) is 17.3 Å². The first kappa shape index (κ1) is 11.9. The molecule has 1 fully saturated rings. The first-order chi connectivity index (χ1) is 7.57. The third kappa shape index (κ3) is 2.24. The number of anilines is 1. The highest BCUT2D eigenvalue weighted by Crippen LogP contribution is 2.45. The third-order valence-electron chi connectivity index (χ3n) is 2.90. The fourth-order valence-electron chi connectivity index (χ4n) is 1.51. The topological polar surface area (TPSA) is 55.1 Å². The van der Waals surface area contributed by atoms with Gasteiger partial charge in [-0.1, -0.05) is 11.6 Å². The average Bonchev–Trinajstić information content (AvgIpc) is 3.04. The van der Waals surface area contributed by atoms with E-state index >= 15 is 0 Å². The van der Waals surface area contributed by atoms with Gasteiger partial charge in [0, 0.05) is 16.7 Å². The molecule has 1 aromatic rings. The minimum absolute atomic E-state index is 0.00612. The van der Waals surface area contributed by atoms with E-state index in [1.54, 1.807) is 18.2 Å². The zero-order valence-corrected chi connectivity index (χ0v) is 10.9. The first-order valence-corrected chi connectivity index (χ1v) is 6.21. The second-order valence-electron chi connectivity index (χ2n) is 4.07. The van der Waals surface area contributed by atoms with Gasteiger partial charge in [0.25, 0.3) is 0 Å². The minimum Gasteiger partial charge on any atom is -0.329 e. The normalized spacial score (nSPS) is 16.9. The number of nitrogens with two attached hydrogens (primary N) is 1. The Labute approximate surface area is 107 Å². The maximum Gasteiger partial charge on any atom is 0.231 e. The largest absolute Gasteiger partial charge is 0.329 e. The van der Waals surface area contributed by atoms with Gasteiger partial charge >= 0.3 is 0 Å². The first-order valence-electron chi connectivity index (χ1n) is 5.04. The van der Waals surface area contributed by atoms with Gasteiger partial charge in [-0.25, -0.2) is 0 Å². The van der Waals surface area contributed by atoms with Gasteiger partial charge in [-0.3, -0.25) is 4.79 Å².